The maximum atomic E-state index is 12.8. The van der Waals surface area contributed by atoms with Crippen LogP contribution in [0.4, 0.5) is 4.79 Å². The summed E-state index contributed by atoms with van der Waals surface area (Å²) in [5.74, 6) is -0.268. The minimum atomic E-state index is -0.412. The van der Waals surface area contributed by atoms with E-state index in [4.69, 9.17) is 14.2 Å². The number of rotatable bonds is 54. The van der Waals surface area contributed by atoms with Gasteiger partial charge >= 0.3 is 18.0 Å². The number of hydrogen-bond acceptors (Lipinski definition) is 8. The van der Waals surface area contributed by atoms with Gasteiger partial charge in [-0.25, -0.2) is 4.79 Å². The topological polar surface area (TPSA) is 97.4 Å². The van der Waals surface area contributed by atoms with Crippen molar-refractivity contribution in [3.63, 3.8) is 0 Å². The van der Waals surface area contributed by atoms with Crippen LogP contribution in [0.5, 0.6) is 0 Å². The molecular weight excluding hydrogens is 835 g/mol. The highest BCUT2D eigenvalue weighted by atomic mass is 16.6. The third-order valence-electron chi connectivity index (χ3n) is 13.5. The number of carbonyl (C=O) groups is 3. The summed E-state index contributed by atoms with van der Waals surface area (Å²) in [5.41, 5.74) is 0. The Morgan fingerprint density at radius 1 is 0.388 bits per heavy atom. The van der Waals surface area contributed by atoms with Gasteiger partial charge in [0.2, 0.25) is 0 Å². The van der Waals surface area contributed by atoms with E-state index in [9.17, 15) is 14.4 Å². The molecule has 0 aliphatic rings. The number of ether oxygens (including phenoxy) is 3. The van der Waals surface area contributed by atoms with E-state index < -0.39 is 6.09 Å². The van der Waals surface area contributed by atoms with Gasteiger partial charge in [0.1, 0.15) is 6.10 Å². The highest BCUT2D eigenvalue weighted by Gasteiger charge is 2.16. The van der Waals surface area contributed by atoms with Crippen LogP contribution in [0.1, 0.15) is 290 Å². The van der Waals surface area contributed by atoms with Gasteiger partial charge in [0, 0.05) is 19.4 Å². The van der Waals surface area contributed by atoms with Crippen molar-refractivity contribution in [2.75, 3.05) is 60.5 Å². The van der Waals surface area contributed by atoms with Crippen LogP contribution < -0.4 is 5.32 Å². The van der Waals surface area contributed by atoms with Gasteiger partial charge in [-0.05, 0) is 98.6 Å². The fraction of sp³-hybridized carbons (Fsp3) is 0.948. The molecular formula is C58H115N3O6. The van der Waals surface area contributed by atoms with Crippen LogP contribution in [0.25, 0.3) is 0 Å². The first-order valence-corrected chi connectivity index (χ1v) is 29.4. The molecule has 0 aliphatic carbocycles. The van der Waals surface area contributed by atoms with Crippen molar-refractivity contribution in [3.05, 3.63) is 0 Å². The van der Waals surface area contributed by atoms with Crippen molar-refractivity contribution in [2.45, 2.75) is 296 Å². The lowest BCUT2D eigenvalue weighted by Crippen LogP contribution is -2.32. The molecule has 0 unspecified atom stereocenters. The Hall–Kier alpha value is -1.87. The summed E-state index contributed by atoms with van der Waals surface area (Å²) in [7, 11) is 6.35. The number of nitrogens with one attached hydrogen (secondary N) is 1. The van der Waals surface area contributed by atoms with Crippen LogP contribution in [-0.2, 0) is 23.8 Å². The molecule has 0 atom stereocenters. The molecule has 9 heteroatoms. The van der Waals surface area contributed by atoms with Crippen LogP contribution in [0.3, 0.4) is 0 Å². The second kappa shape index (κ2) is 53.5. The summed E-state index contributed by atoms with van der Waals surface area (Å²) in [6.07, 6.45) is 50.7. The highest BCUT2D eigenvalue weighted by molar-refractivity contribution is 5.69. The predicted octanol–water partition coefficient (Wildman–Crippen LogP) is 16.5. The predicted molar refractivity (Wildman–Crippen MR) is 286 cm³/mol. The van der Waals surface area contributed by atoms with E-state index in [1.54, 1.807) is 0 Å². The minimum Gasteiger partial charge on any atom is -0.466 e. The van der Waals surface area contributed by atoms with Crippen molar-refractivity contribution in [1.29, 1.82) is 0 Å². The molecule has 1 N–H and O–H groups in total. The molecule has 1 amide bonds. The summed E-state index contributed by atoms with van der Waals surface area (Å²) in [6.45, 7) is 8.85. The Morgan fingerprint density at radius 3 is 1.04 bits per heavy atom. The summed E-state index contributed by atoms with van der Waals surface area (Å²) >= 11 is 0. The third kappa shape index (κ3) is 53.3. The normalized spacial score (nSPS) is 11.6. The SMILES string of the molecule is CCCCCCCCCCCCCCCCCCCC(=O)OCCCC(CCCOC(=O)CCCCCCCCCCCCCCCCCCC)OC(=O)NCCCN(C)CCCCN(C)C. The van der Waals surface area contributed by atoms with E-state index in [0.717, 1.165) is 58.2 Å². The molecule has 0 aromatic rings. The Balaban J connectivity index is 4.23. The lowest BCUT2D eigenvalue weighted by molar-refractivity contribution is -0.144. The van der Waals surface area contributed by atoms with E-state index in [1.165, 1.54) is 199 Å². The van der Waals surface area contributed by atoms with Crippen molar-refractivity contribution in [3.8, 4) is 0 Å². The fourth-order valence-electron chi connectivity index (χ4n) is 9.04. The van der Waals surface area contributed by atoms with Crippen LogP contribution in [0.15, 0.2) is 0 Å². The van der Waals surface area contributed by atoms with Crippen LogP contribution >= 0.6 is 0 Å². The van der Waals surface area contributed by atoms with Crippen molar-refractivity contribution >= 4 is 18.0 Å². The Bertz CT molecular complexity index is 986. The first kappa shape index (κ1) is 65.1. The molecule has 0 rings (SSSR count). The first-order valence-electron chi connectivity index (χ1n) is 29.4. The third-order valence-corrected chi connectivity index (χ3v) is 13.5. The molecule has 67 heavy (non-hydrogen) atoms. The molecule has 0 aromatic carbocycles. The van der Waals surface area contributed by atoms with E-state index >= 15 is 0 Å². The molecule has 0 spiro atoms. The first-order chi connectivity index (χ1) is 32.8. The standard InChI is InChI=1S/C58H115N3O6/c1-6-8-10-12-14-16-18-20-22-24-26-28-30-32-34-36-38-47-56(62)65-53-42-45-55(67-58(64)59-49-44-52-61(5)51-41-40-50-60(3)4)46-43-54-66-57(63)48-39-37-35-33-31-29-27-25-23-21-19-17-15-13-11-9-7-2/h55H,6-54H2,1-5H3,(H,59,64). The Kier molecular flexibility index (Phi) is 52.0. The summed E-state index contributed by atoms with van der Waals surface area (Å²) in [4.78, 5) is 42.3. The molecule has 0 fully saturated rings. The largest absolute Gasteiger partial charge is 0.466 e. The Morgan fingerprint density at radius 2 is 0.701 bits per heavy atom. The van der Waals surface area contributed by atoms with Gasteiger partial charge in [0.05, 0.1) is 13.2 Å². The lowest BCUT2D eigenvalue weighted by atomic mass is 10.0. The van der Waals surface area contributed by atoms with Gasteiger partial charge in [0.25, 0.3) is 0 Å². The molecule has 0 saturated heterocycles. The van der Waals surface area contributed by atoms with Crippen LogP contribution in [-0.4, -0.2) is 94.5 Å². The summed E-state index contributed by atoms with van der Waals surface area (Å²) in [5, 5.41) is 2.93. The zero-order chi connectivity index (χ0) is 48.9. The molecule has 0 heterocycles. The zero-order valence-corrected chi connectivity index (χ0v) is 45.6. The van der Waals surface area contributed by atoms with E-state index in [0.29, 0.717) is 58.3 Å². The van der Waals surface area contributed by atoms with Crippen LogP contribution in [0, 0.1) is 0 Å². The summed E-state index contributed by atoms with van der Waals surface area (Å²) < 4.78 is 17.0. The number of esters is 2. The minimum absolute atomic E-state index is 0.134. The van der Waals surface area contributed by atoms with Gasteiger partial charge in [0.15, 0.2) is 0 Å². The smallest absolute Gasteiger partial charge is 0.407 e. The van der Waals surface area contributed by atoms with Crippen molar-refractivity contribution < 1.29 is 28.6 Å². The molecule has 0 bridgehead atoms. The molecule has 398 valence electrons. The van der Waals surface area contributed by atoms with Crippen LogP contribution in [0.2, 0.25) is 0 Å². The molecule has 0 radical (unpaired) electrons. The van der Waals surface area contributed by atoms with Crippen molar-refractivity contribution in [1.82, 2.24) is 15.1 Å². The van der Waals surface area contributed by atoms with Gasteiger partial charge < -0.3 is 29.3 Å². The molecule has 0 aromatic heterocycles. The molecule has 0 aliphatic heterocycles. The fourth-order valence-corrected chi connectivity index (χ4v) is 9.04. The second-order valence-corrected chi connectivity index (χ2v) is 20.7. The average Bonchev–Trinajstić information content (AvgIpc) is 3.31. The maximum Gasteiger partial charge on any atom is 0.407 e. The number of carbonyl (C=O) groups excluding carboxylic acids is 3. The second-order valence-electron chi connectivity index (χ2n) is 20.7. The number of hydrogen-bond donors (Lipinski definition) is 1. The van der Waals surface area contributed by atoms with E-state index in [2.05, 4.69) is 50.1 Å². The lowest BCUT2D eigenvalue weighted by Gasteiger charge is -2.19. The van der Waals surface area contributed by atoms with Crippen molar-refractivity contribution in [2.24, 2.45) is 0 Å². The Labute approximate surface area is 416 Å². The van der Waals surface area contributed by atoms with E-state index in [-0.39, 0.29) is 18.0 Å². The number of amides is 1. The highest BCUT2D eigenvalue weighted by Crippen LogP contribution is 2.17. The molecule has 0 saturated carbocycles. The maximum absolute atomic E-state index is 12.8. The monoisotopic (exact) mass is 950 g/mol. The van der Waals surface area contributed by atoms with Gasteiger partial charge in [-0.15, -0.1) is 0 Å². The summed E-state index contributed by atoms with van der Waals surface area (Å²) in [6, 6.07) is 0. The number of unbranched alkanes of at least 4 members (excludes halogenated alkanes) is 33. The van der Waals surface area contributed by atoms with E-state index in [1.807, 2.05) is 0 Å². The number of alkyl carbamates (subject to hydrolysis) is 1. The van der Waals surface area contributed by atoms with Gasteiger partial charge in [-0.2, -0.15) is 0 Å². The quantitative estimate of drug-likeness (QED) is 0.0366. The van der Waals surface area contributed by atoms with Gasteiger partial charge in [-0.1, -0.05) is 219 Å². The number of nitrogens with zero attached hydrogens (tertiary/aromatic N) is 2. The average molecular weight is 951 g/mol. The molecule has 9 nitrogen and oxygen atoms in total. The van der Waals surface area contributed by atoms with Gasteiger partial charge in [-0.3, -0.25) is 9.59 Å². The zero-order valence-electron chi connectivity index (χ0n) is 45.6.